The monoisotopic (exact) mass is 292 g/mol. The molecule has 0 aliphatic carbocycles. The third-order valence-electron chi connectivity index (χ3n) is 6.02. The van der Waals surface area contributed by atoms with Crippen LogP contribution in [0, 0.1) is 47.3 Å². The summed E-state index contributed by atoms with van der Waals surface area (Å²) >= 11 is 0. The Morgan fingerprint density at radius 1 is 0.762 bits per heavy atom. The second kappa shape index (κ2) is 11.2. The van der Waals surface area contributed by atoms with Crippen molar-refractivity contribution in [2.24, 2.45) is 35.5 Å². The molecule has 124 valence electrons. The van der Waals surface area contributed by atoms with Crippen LogP contribution in [0.4, 0.5) is 0 Å². The van der Waals surface area contributed by atoms with E-state index in [0.29, 0.717) is 5.92 Å². The van der Waals surface area contributed by atoms with E-state index in [4.69, 9.17) is 0 Å². The second-order valence-corrected chi connectivity index (χ2v) is 7.22. The zero-order chi connectivity index (χ0) is 16.4. The first kappa shape index (κ1) is 20.6. The van der Waals surface area contributed by atoms with Crippen molar-refractivity contribution in [1.29, 1.82) is 0 Å². The fourth-order valence-corrected chi connectivity index (χ4v) is 3.93. The Morgan fingerprint density at radius 2 is 1.38 bits per heavy atom. The van der Waals surface area contributed by atoms with Gasteiger partial charge in [-0.2, -0.15) is 0 Å². The maximum absolute atomic E-state index is 3.36. The van der Waals surface area contributed by atoms with Crippen molar-refractivity contribution in [1.82, 2.24) is 0 Å². The fourth-order valence-electron chi connectivity index (χ4n) is 3.93. The molecule has 0 aromatic carbocycles. The zero-order valence-electron chi connectivity index (χ0n) is 16.0. The molecule has 0 nitrogen and oxygen atoms in total. The van der Waals surface area contributed by atoms with Crippen molar-refractivity contribution in [3.05, 3.63) is 0 Å². The van der Waals surface area contributed by atoms with Crippen molar-refractivity contribution < 1.29 is 0 Å². The molecule has 0 radical (unpaired) electrons. The molecule has 0 saturated heterocycles. The SMILES string of the molecule is CC#CC(C)C(CC)CCC(C)C(CC)C(C)C(C)CC. The van der Waals surface area contributed by atoms with Gasteiger partial charge in [-0.05, 0) is 42.9 Å². The molecule has 0 aromatic rings. The third kappa shape index (κ3) is 6.90. The summed E-state index contributed by atoms with van der Waals surface area (Å²) < 4.78 is 0. The van der Waals surface area contributed by atoms with Gasteiger partial charge in [-0.15, -0.1) is 11.8 Å². The largest absolute Gasteiger partial charge is 0.106 e. The Balaban J connectivity index is 4.55. The van der Waals surface area contributed by atoms with Gasteiger partial charge in [-0.3, -0.25) is 0 Å². The highest BCUT2D eigenvalue weighted by molar-refractivity contribution is 5.01. The van der Waals surface area contributed by atoms with E-state index in [1.165, 1.54) is 32.1 Å². The van der Waals surface area contributed by atoms with Crippen LogP contribution in [0.5, 0.6) is 0 Å². The molecule has 0 saturated carbocycles. The quantitative estimate of drug-likeness (QED) is 0.388. The predicted octanol–water partition coefficient (Wildman–Crippen LogP) is 6.80. The van der Waals surface area contributed by atoms with Crippen LogP contribution >= 0.6 is 0 Å². The summed E-state index contributed by atoms with van der Waals surface area (Å²) in [6.07, 6.45) is 6.61. The number of rotatable bonds is 10. The summed E-state index contributed by atoms with van der Waals surface area (Å²) in [7, 11) is 0. The highest BCUT2D eigenvalue weighted by Crippen LogP contribution is 2.35. The Kier molecular flexibility index (Phi) is 10.9. The molecular formula is C21H40. The zero-order valence-corrected chi connectivity index (χ0v) is 16.0. The Hall–Kier alpha value is -0.440. The molecule has 0 fully saturated rings. The molecule has 0 rings (SSSR count). The standard InChI is InChI=1S/C21H40/c1-9-13-17(6)20(11-3)15-14-18(7)21(12-4)19(8)16(5)10-2/h16-21H,10-12,14-15H2,1-8H3. The lowest BCUT2D eigenvalue weighted by Crippen LogP contribution is -2.25. The lowest BCUT2D eigenvalue weighted by molar-refractivity contribution is 0.168. The van der Waals surface area contributed by atoms with E-state index in [2.05, 4.69) is 60.3 Å². The van der Waals surface area contributed by atoms with Crippen molar-refractivity contribution >= 4 is 0 Å². The molecule has 0 aromatic heterocycles. The maximum atomic E-state index is 3.36. The van der Waals surface area contributed by atoms with Crippen molar-refractivity contribution in [2.75, 3.05) is 0 Å². The number of hydrogen-bond acceptors (Lipinski definition) is 0. The highest BCUT2D eigenvalue weighted by Gasteiger charge is 2.26. The summed E-state index contributed by atoms with van der Waals surface area (Å²) in [6.45, 7) is 18.7. The average Bonchev–Trinajstić information content (AvgIpc) is 2.47. The van der Waals surface area contributed by atoms with E-state index in [1.54, 1.807) is 0 Å². The van der Waals surface area contributed by atoms with Gasteiger partial charge in [0, 0.05) is 5.92 Å². The van der Waals surface area contributed by atoms with E-state index in [-0.39, 0.29) is 0 Å². The first-order valence-corrected chi connectivity index (χ1v) is 9.34. The predicted molar refractivity (Wildman–Crippen MR) is 97.2 cm³/mol. The molecule has 6 atom stereocenters. The van der Waals surface area contributed by atoms with E-state index in [1.807, 2.05) is 6.92 Å². The van der Waals surface area contributed by atoms with Crippen LogP contribution in [-0.4, -0.2) is 0 Å². The van der Waals surface area contributed by atoms with E-state index in [9.17, 15) is 0 Å². The van der Waals surface area contributed by atoms with E-state index in [0.717, 1.165) is 29.6 Å². The van der Waals surface area contributed by atoms with Gasteiger partial charge >= 0.3 is 0 Å². The summed E-state index contributed by atoms with van der Waals surface area (Å²) in [5, 5.41) is 0. The van der Waals surface area contributed by atoms with Gasteiger partial charge in [0.05, 0.1) is 0 Å². The van der Waals surface area contributed by atoms with Gasteiger partial charge in [-0.1, -0.05) is 74.1 Å². The van der Waals surface area contributed by atoms with Gasteiger partial charge in [0.15, 0.2) is 0 Å². The normalized spacial score (nSPS) is 19.8. The van der Waals surface area contributed by atoms with Crippen molar-refractivity contribution in [3.63, 3.8) is 0 Å². The third-order valence-corrected chi connectivity index (χ3v) is 6.02. The van der Waals surface area contributed by atoms with Gasteiger partial charge in [0.2, 0.25) is 0 Å². The Labute approximate surface area is 135 Å². The summed E-state index contributed by atoms with van der Waals surface area (Å²) in [5.41, 5.74) is 0. The molecule has 0 aliphatic heterocycles. The van der Waals surface area contributed by atoms with Crippen LogP contribution in [0.25, 0.3) is 0 Å². The molecular weight excluding hydrogens is 252 g/mol. The minimum Gasteiger partial charge on any atom is -0.106 e. The molecule has 0 bridgehead atoms. The molecule has 21 heavy (non-hydrogen) atoms. The molecule has 0 spiro atoms. The van der Waals surface area contributed by atoms with Gasteiger partial charge in [-0.25, -0.2) is 0 Å². The molecule has 0 heterocycles. The Bertz CT molecular complexity index is 306. The first-order chi connectivity index (χ1) is 9.92. The summed E-state index contributed by atoms with van der Waals surface area (Å²) in [6, 6.07) is 0. The van der Waals surface area contributed by atoms with Gasteiger partial charge < -0.3 is 0 Å². The highest BCUT2D eigenvalue weighted by atomic mass is 14.3. The fraction of sp³-hybridized carbons (Fsp3) is 0.905. The van der Waals surface area contributed by atoms with E-state index >= 15 is 0 Å². The van der Waals surface area contributed by atoms with Crippen LogP contribution in [0.3, 0.4) is 0 Å². The molecule has 0 amide bonds. The molecule has 6 unspecified atom stereocenters. The van der Waals surface area contributed by atoms with Crippen LogP contribution in [0.2, 0.25) is 0 Å². The molecule has 0 aliphatic rings. The Morgan fingerprint density at radius 3 is 1.81 bits per heavy atom. The van der Waals surface area contributed by atoms with Gasteiger partial charge in [0.1, 0.15) is 0 Å². The average molecular weight is 293 g/mol. The van der Waals surface area contributed by atoms with Crippen molar-refractivity contribution in [3.8, 4) is 11.8 Å². The second-order valence-electron chi connectivity index (χ2n) is 7.22. The molecule has 0 N–H and O–H groups in total. The lowest BCUT2D eigenvalue weighted by Gasteiger charge is -2.33. The molecule has 0 heteroatoms. The van der Waals surface area contributed by atoms with Crippen LogP contribution in [0.1, 0.15) is 87.5 Å². The number of hydrogen-bond donors (Lipinski definition) is 0. The van der Waals surface area contributed by atoms with E-state index < -0.39 is 0 Å². The summed E-state index contributed by atoms with van der Waals surface area (Å²) in [5.74, 6) is 11.2. The summed E-state index contributed by atoms with van der Waals surface area (Å²) in [4.78, 5) is 0. The smallest absolute Gasteiger partial charge is 0.0202 e. The van der Waals surface area contributed by atoms with Crippen molar-refractivity contribution in [2.45, 2.75) is 87.5 Å². The van der Waals surface area contributed by atoms with Crippen LogP contribution in [0.15, 0.2) is 0 Å². The minimum atomic E-state index is 0.555. The van der Waals surface area contributed by atoms with Crippen LogP contribution < -0.4 is 0 Å². The van der Waals surface area contributed by atoms with Crippen LogP contribution in [-0.2, 0) is 0 Å². The van der Waals surface area contributed by atoms with Gasteiger partial charge in [0.25, 0.3) is 0 Å². The lowest BCUT2D eigenvalue weighted by atomic mass is 9.72. The topological polar surface area (TPSA) is 0 Å². The maximum Gasteiger partial charge on any atom is 0.0202 e. The minimum absolute atomic E-state index is 0.555. The first-order valence-electron chi connectivity index (χ1n) is 9.34.